The van der Waals surface area contributed by atoms with E-state index in [-0.39, 0.29) is 11.3 Å². The Labute approximate surface area is 113 Å². The summed E-state index contributed by atoms with van der Waals surface area (Å²) in [7, 11) is 1.22. The van der Waals surface area contributed by atoms with Crippen LogP contribution in [0.5, 0.6) is 0 Å². The van der Waals surface area contributed by atoms with Crippen LogP contribution < -0.4 is 5.56 Å². The van der Waals surface area contributed by atoms with E-state index in [9.17, 15) is 19.7 Å². The van der Waals surface area contributed by atoms with E-state index in [1.165, 1.54) is 37.4 Å². The minimum Gasteiger partial charge on any atom is -0.465 e. The summed E-state index contributed by atoms with van der Waals surface area (Å²) in [5.41, 5.74) is 0.539. The summed E-state index contributed by atoms with van der Waals surface area (Å²) >= 11 is 0. The number of ether oxygens (including phenoxy) is 1. The molecule has 7 heteroatoms. The molecule has 0 amide bonds. The van der Waals surface area contributed by atoms with Gasteiger partial charge in [0.25, 0.3) is 5.69 Å². The number of carbonyl (C=O) groups excluding carboxylic acids is 1. The summed E-state index contributed by atoms with van der Waals surface area (Å²) in [6, 6.07) is 8.20. The predicted octanol–water partition coefficient (Wildman–Crippen LogP) is 1.74. The number of methoxy groups -OCH3 is 1. The third-order valence-corrected chi connectivity index (χ3v) is 2.65. The average molecular weight is 274 g/mol. The number of esters is 1. The smallest absolute Gasteiger partial charge is 0.338 e. The van der Waals surface area contributed by atoms with Crippen molar-refractivity contribution in [2.45, 2.75) is 0 Å². The van der Waals surface area contributed by atoms with Gasteiger partial charge in [-0.3, -0.25) is 14.9 Å². The molecule has 1 aromatic carbocycles. The number of aromatic nitrogens is 1. The first kappa shape index (κ1) is 13.5. The zero-order valence-corrected chi connectivity index (χ0v) is 10.5. The minimum absolute atomic E-state index is 0.0554. The fraction of sp³-hybridized carbons (Fsp3) is 0.0769. The molecule has 0 saturated heterocycles. The number of aromatic amines is 1. The molecule has 0 saturated carbocycles. The SMILES string of the molecule is COC(=O)c1cc(-c2ccc([N+](=O)[O-])cc2)[nH]c(=O)c1. The molecular weight excluding hydrogens is 264 g/mol. The van der Waals surface area contributed by atoms with Gasteiger partial charge in [-0.05, 0) is 23.8 Å². The number of nitrogens with one attached hydrogen (secondary N) is 1. The van der Waals surface area contributed by atoms with Gasteiger partial charge in [0.15, 0.2) is 0 Å². The lowest BCUT2D eigenvalue weighted by molar-refractivity contribution is -0.384. The Morgan fingerprint density at radius 1 is 1.25 bits per heavy atom. The van der Waals surface area contributed by atoms with E-state index < -0.39 is 16.5 Å². The summed E-state index contributed by atoms with van der Waals surface area (Å²) in [4.78, 5) is 35.6. The van der Waals surface area contributed by atoms with Crippen LogP contribution in [0.3, 0.4) is 0 Å². The fourth-order valence-electron chi connectivity index (χ4n) is 1.70. The van der Waals surface area contributed by atoms with Crippen molar-refractivity contribution in [2.24, 2.45) is 0 Å². The molecule has 1 heterocycles. The summed E-state index contributed by atoms with van der Waals surface area (Å²) in [6.07, 6.45) is 0. The molecular formula is C13H10N2O5. The van der Waals surface area contributed by atoms with Crippen LogP contribution in [-0.4, -0.2) is 23.0 Å². The van der Waals surface area contributed by atoms with Gasteiger partial charge in [-0.15, -0.1) is 0 Å². The van der Waals surface area contributed by atoms with Crippen molar-refractivity contribution in [3.8, 4) is 11.3 Å². The Balaban J connectivity index is 2.47. The van der Waals surface area contributed by atoms with Crippen LogP contribution in [0.2, 0.25) is 0 Å². The van der Waals surface area contributed by atoms with Gasteiger partial charge in [0, 0.05) is 23.9 Å². The molecule has 0 aliphatic carbocycles. The van der Waals surface area contributed by atoms with Crippen molar-refractivity contribution in [1.29, 1.82) is 0 Å². The molecule has 0 aliphatic rings. The number of nitrogens with zero attached hydrogens (tertiary/aromatic N) is 1. The lowest BCUT2D eigenvalue weighted by Gasteiger charge is -2.04. The molecule has 0 unspecified atom stereocenters. The molecule has 1 aromatic heterocycles. The van der Waals surface area contributed by atoms with E-state index in [4.69, 9.17) is 0 Å². The molecule has 102 valence electrons. The van der Waals surface area contributed by atoms with Crippen molar-refractivity contribution < 1.29 is 14.5 Å². The molecule has 0 aliphatic heterocycles. The molecule has 2 rings (SSSR count). The molecule has 2 aromatic rings. The third kappa shape index (κ3) is 2.72. The second-order valence-corrected chi connectivity index (χ2v) is 3.94. The highest BCUT2D eigenvalue weighted by Gasteiger charge is 2.10. The molecule has 20 heavy (non-hydrogen) atoms. The number of rotatable bonds is 3. The molecule has 1 N–H and O–H groups in total. The van der Waals surface area contributed by atoms with Crippen LogP contribution in [0.1, 0.15) is 10.4 Å². The van der Waals surface area contributed by atoms with Gasteiger partial charge in [-0.2, -0.15) is 0 Å². The third-order valence-electron chi connectivity index (χ3n) is 2.65. The molecule has 7 nitrogen and oxygen atoms in total. The van der Waals surface area contributed by atoms with Gasteiger partial charge < -0.3 is 9.72 Å². The van der Waals surface area contributed by atoms with Crippen LogP contribution >= 0.6 is 0 Å². The topological polar surface area (TPSA) is 102 Å². The number of non-ortho nitro benzene ring substituents is 1. The van der Waals surface area contributed by atoms with Crippen LogP contribution in [0, 0.1) is 10.1 Å². The van der Waals surface area contributed by atoms with Gasteiger partial charge >= 0.3 is 5.97 Å². The fourth-order valence-corrected chi connectivity index (χ4v) is 1.70. The number of hydrogen-bond donors (Lipinski definition) is 1. The first-order valence-electron chi connectivity index (χ1n) is 5.59. The van der Waals surface area contributed by atoms with Crippen molar-refractivity contribution in [1.82, 2.24) is 4.98 Å². The normalized spacial score (nSPS) is 10.1. The van der Waals surface area contributed by atoms with Gasteiger partial charge in [-0.25, -0.2) is 4.79 Å². The Morgan fingerprint density at radius 3 is 2.45 bits per heavy atom. The minimum atomic E-state index is -0.626. The lowest BCUT2D eigenvalue weighted by Crippen LogP contribution is -2.11. The van der Waals surface area contributed by atoms with E-state index >= 15 is 0 Å². The Hall–Kier alpha value is -2.96. The van der Waals surface area contributed by atoms with E-state index in [0.29, 0.717) is 11.3 Å². The highest BCUT2D eigenvalue weighted by molar-refractivity contribution is 5.90. The number of carbonyl (C=O) groups is 1. The zero-order valence-electron chi connectivity index (χ0n) is 10.5. The Kier molecular flexibility index (Phi) is 3.60. The van der Waals surface area contributed by atoms with Gasteiger partial charge in [-0.1, -0.05) is 0 Å². The number of nitro benzene ring substituents is 1. The molecule has 0 fully saturated rings. The van der Waals surface area contributed by atoms with Gasteiger partial charge in [0.2, 0.25) is 5.56 Å². The monoisotopic (exact) mass is 274 g/mol. The number of nitro groups is 1. The van der Waals surface area contributed by atoms with Gasteiger partial charge in [0.1, 0.15) is 0 Å². The maximum Gasteiger partial charge on any atom is 0.338 e. The maximum absolute atomic E-state index is 11.5. The zero-order chi connectivity index (χ0) is 14.7. The molecule has 0 bridgehead atoms. The highest BCUT2D eigenvalue weighted by Crippen LogP contribution is 2.20. The summed E-state index contributed by atoms with van der Waals surface area (Å²) in [5.74, 6) is -0.626. The second kappa shape index (κ2) is 5.35. The quantitative estimate of drug-likeness (QED) is 0.521. The van der Waals surface area contributed by atoms with Crippen molar-refractivity contribution in [3.63, 3.8) is 0 Å². The predicted molar refractivity (Wildman–Crippen MR) is 70.5 cm³/mol. The molecule has 0 atom stereocenters. The van der Waals surface area contributed by atoms with Crippen molar-refractivity contribution >= 4 is 11.7 Å². The lowest BCUT2D eigenvalue weighted by atomic mass is 10.1. The maximum atomic E-state index is 11.5. The first-order valence-corrected chi connectivity index (χ1v) is 5.59. The average Bonchev–Trinajstić information content (AvgIpc) is 2.45. The summed E-state index contributed by atoms with van der Waals surface area (Å²) < 4.78 is 4.55. The van der Waals surface area contributed by atoms with E-state index in [0.717, 1.165) is 6.07 Å². The number of benzene rings is 1. The number of pyridine rings is 1. The van der Waals surface area contributed by atoms with E-state index in [2.05, 4.69) is 9.72 Å². The first-order chi connectivity index (χ1) is 9.51. The van der Waals surface area contributed by atoms with Crippen molar-refractivity contribution in [2.75, 3.05) is 7.11 Å². The molecule has 0 radical (unpaired) electrons. The number of hydrogen-bond acceptors (Lipinski definition) is 5. The standard InChI is InChI=1S/C13H10N2O5/c1-20-13(17)9-6-11(14-12(16)7-9)8-2-4-10(5-3-8)15(18)19/h2-7H,1H3,(H,14,16). The second-order valence-electron chi connectivity index (χ2n) is 3.94. The van der Waals surface area contributed by atoms with Crippen LogP contribution in [0.4, 0.5) is 5.69 Å². The van der Waals surface area contributed by atoms with E-state index in [1.54, 1.807) is 0 Å². The summed E-state index contributed by atoms with van der Waals surface area (Å²) in [5, 5.41) is 10.6. The Morgan fingerprint density at radius 2 is 1.90 bits per heavy atom. The van der Waals surface area contributed by atoms with E-state index in [1.807, 2.05) is 0 Å². The largest absolute Gasteiger partial charge is 0.465 e. The number of H-pyrrole nitrogens is 1. The van der Waals surface area contributed by atoms with Crippen LogP contribution in [-0.2, 0) is 4.74 Å². The Bertz CT molecular complexity index is 718. The van der Waals surface area contributed by atoms with Gasteiger partial charge in [0.05, 0.1) is 17.6 Å². The van der Waals surface area contributed by atoms with Crippen LogP contribution in [0.15, 0.2) is 41.2 Å². The van der Waals surface area contributed by atoms with Crippen molar-refractivity contribution in [3.05, 3.63) is 62.4 Å². The van der Waals surface area contributed by atoms with Crippen LogP contribution in [0.25, 0.3) is 11.3 Å². The summed E-state index contributed by atoms with van der Waals surface area (Å²) in [6.45, 7) is 0. The molecule has 0 spiro atoms. The highest BCUT2D eigenvalue weighted by atomic mass is 16.6.